The third kappa shape index (κ3) is 1.46. The average Bonchev–Trinajstić information content (AvgIpc) is 2.56. The molecule has 0 amide bonds. The van der Waals surface area contributed by atoms with Gasteiger partial charge in [0.1, 0.15) is 0 Å². The molecule has 0 radical (unpaired) electrons. The molecule has 0 aliphatic carbocycles. The Hall–Kier alpha value is -1.88. The molecule has 2 rings (SSSR count). The first-order valence-corrected chi connectivity index (χ1v) is 4.32. The van der Waals surface area contributed by atoms with E-state index in [1.165, 1.54) is 6.07 Å². The van der Waals surface area contributed by atoms with Gasteiger partial charge in [-0.05, 0) is 6.07 Å². The number of hydrogen-bond acceptors (Lipinski definition) is 4. The smallest absolute Gasteiger partial charge is 0.339 e. The van der Waals surface area contributed by atoms with E-state index in [-0.39, 0.29) is 0 Å². The van der Waals surface area contributed by atoms with Gasteiger partial charge in [0.25, 0.3) is 0 Å². The van der Waals surface area contributed by atoms with Crippen LogP contribution in [0, 0.1) is 0 Å². The van der Waals surface area contributed by atoms with Crippen molar-refractivity contribution in [3.63, 3.8) is 0 Å². The topological polar surface area (TPSA) is 83.8 Å². The molecule has 5 nitrogen and oxygen atoms in total. The van der Waals surface area contributed by atoms with Gasteiger partial charge in [-0.15, -0.1) is 0 Å². The van der Waals surface area contributed by atoms with Crippen LogP contribution in [0.5, 0.6) is 0 Å². The van der Waals surface area contributed by atoms with E-state index in [2.05, 4.69) is 0 Å². The lowest BCUT2D eigenvalue weighted by Gasteiger charge is -2.13. The summed E-state index contributed by atoms with van der Waals surface area (Å²) in [4.78, 5) is 21.8. The van der Waals surface area contributed by atoms with Crippen LogP contribution in [-0.2, 0) is 9.53 Å². The van der Waals surface area contributed by atoms with Gasteiger partial charge in [0, 0.05) is 5.56 Å². The van der Waals surface area contributed by atoms with Gasteiger partial charge < -0.3 is 14.9 Å². The number of esters is 1. The van der Waals surface area contributed by atoms with Crippen LogP contribution in [0.1, 0.15) is 22.0 Å². The third-order valence-electron chi connectivity index (χ3n) is 2.26. The largest absolute Gasteiger partial charge is 0.479 e. The second-order valence-electron chi connectivity index (χ2n) is 3.20. The molecule has 1 aliphatic heterocycles. The molecule has 5 heteroatoms. The van der Waals surface area contributed by atoms with Crippen LogP contribution in [0.15, 0.2) is 24.3 Å². The van der Waals surface area contributed by atoms with Crippen LogP contribution < -0.4 is 0 Å². The van der Waals surface area contributed by atoms with E-state index in [1.54, 1.807) is 18.2 Å². The predicted molar refractivity (Wildman–Crippen MR) is 48.2 cm³/mol. The average molecular weight is 208 g/mol. The summed E-state index contributed by atoms with van der Waals surface area (Å²) in [6.07, 6.45) is -2.83. The van der Waals surface area contributed by atoms with Gasteiger partial charge in [0.15, 0.2) is 12.2 Å². The highest BCUT2D eigenvalue weighted by Gasteiger charge is 2.38. The van der Waals surface area contributed by atoms with Crippen molar-refractivity contribution in [1.29, 1.82) is 0 Å². The molecule has 0 saturated heterocycles. The number of carboxylic acid groups (broad SMARTS) is 1. The number of fused-ring (bicyclic) bond motifs is 1. The summed E-state index contributed by atoms with van der Waals surface area (Å²) >= 11 is 0. The predicted octanol–water partition coefficient (Wildman–Crippen LogP) is 0.344. The highest BCUT2D eigenvalue weighted by Crippen LogP contribution is 2.32. The van der Waals surface area contributed by atoms with Crippen molar-refractivity contribution in [2.45, 2.75) is 12.2 Å². The maximum atomic E-state index is 11.3. The number of rotatable bonds is 2. The molecule has 1 aromatic carbocycles. The van der Waals surface area contributed by atoms with Crippen LogP contribution in [0.4, 0.5) is 0 Å². The quantitative estimate of drug-likeness (QED) is 0.685. The minimum Gasteiger partial charge on any atom is -0.479 e. The SMILES string of the molecule is O=C1OC(C(O)C(=O)O)c2ccccc21. The Morgan fingerprint density at radius 1 is 1.40 bits per heavy atom. The molecule has 78 valence electrons. The molecule has 1 aromatic rings. The summed E-state index contributed by atoms with van der Waals surface area (Å²) in [5.74, 6) is -2.01. The maximum absolute atomic E-state index is 11.3. The Morgan fingerprint density at radius 2 is 2.07 bits per heavy atom. The number of carbonyl (C=O) groups is 2. The van der Waals surface area contributed by atoms with Crippen molar-refractivity contribution in [2.75, 3.05) is 0 Å². The van der Waals surface area contributed by atoms with Gasteiger partial charge in [-0.1, -0.05) is 18.2 Å². The molecule has 1 heterocycles. The van der Waals surface area contributed by atoms with Gasteiger partial charge in [0.2, 0.25) is 0 Å². The standard InChI is InChI=1S/C10H8O5/c11-7(9(12)13)8-5-3-1-2-4-6(5)10(14)15-8/h1-4,7-8,11H,(H,12,13). The Labute approximate surface area is 84.9 Å². The first-order valence-electron chi connectivity index (χ1n) is 4.32. The van der Waals surface area contributed by atoms with E-state index >= 15 is 0 Å². The number of ether oxygens (including phenoxy) is 1. The highest BCUT2D eigenvalue weighted by molar-refractivity contribution is 5.94. The normalized spacial score (nSPS) is 20.6. The summed E-state index contributed by atoms with van der Waals surface area (Å²) in [6, 6.07) is 6.40. The highest BCUT2D eigenvalue weighted by atomic mass is 16.6. The summed E-state index contributed by atoms with van der Waals surface area (Å²) in [7, 11) is 0. The second kappa shape index (κ2) is 3.36. The molecule has 2 N–H and O–H groups in total. The first-order chi connectivity index (χ1) is 7.11. The fourth-order valence-electron chi connectivity index (χ4n) is 1.54. The minimum absolute atomic E-state index is 0.308. The number of benzene rings is 1. The molecular weight excluding hydrogens is 200 g/mol. The maximum Gasteiger partial charge on any atom is 0.339 e. The second-order valence-corrected chi connectivity index (χ2v) is 3.20. The number of carboxylic acids is 1. The van der Waals surface area contributed by atoms with E-state index in [0.29, 0.717) is 11.1 Å². The van der Waals surface area contributed by atoms with E-state index in [0.717, 1.165) is 0 Å². The van der Waals surface area contributed by atoms with Crippen molar-refractivity contribution < 1.29 is 24.5 Å². The Kier molecular flexibility index (Phi) is 2.17. The van der Waals surface area contributed by atoms with Crippen molar-refractivity contribution >= 4 is 11.9 Å². The van der Waals surface area contributed by atoms with E-state index in [9.17, 15) is 14.7 Å². The number of carbonyl (C=O) groups excluding carboxylic acids is 1. The number of hydrogen-bond donors (Lipinski definition) is 2. The van der Waals surface area contributed by atoms with Gasteiger partial charge in [0.05, 0.1) is 5.56 Å². The summed E-state index contributed by atoms with van der Waals surface area (Å²) in [6.45, 7) is 0. The van der Waals surface area contributed by atoms with E-state index < -0.39 is 24.1 Å². The van der Waals surface area contributed by atoms with E-state index in [1.807, 2.05) is 0 Å². The molecule has 15 heavy (non-hydrogen) atoms. The Balaban J connectivity index is 2.40. The van der Waals surface area contributed by atoms with Gasteiger partial charge in [-0.3, -0.25) is 0 Å². The zero-order chi connectivity index (χ0) is 11.0. The van der Waals surface area contributed by atoms with E-state index in [4.69, 9.17) is 9.84 Å². The number of cyclic esters (lactones) is 1. The molecule has 0 aromatic heterocycles. The van der Waals surface area contributed by atoms with Crippen LogP contribution in [0.3, 0.4) is 0 Å². The fourth-order valence-corrected chi connectivity index (χ4v) is 1.54. The molecule has 0 spiro atoms. The molecule has 2 atom stereocenters. The van der Waals surface area contributed by atoms with Gasteiger partial charge in [-0.25, -0.2) is 9.59 Å². The van der Waals surface area contributed by atoms with Crippen molar-refractivity contribution in [1.82, 2.24) is 0 Å². The van der Waals surface area contributed by atoms with Crippen LogP contribution in [0.2, 0.25) is 0 Å². The monoisotopic (exact) mass is 208 g/mol. The fraction of sp³-hybridized carbons (Fsp3) is 0.200. The number of aliphatic hydroxyl groups is 1. The summed E-state index contributed by atoms with van der Waals surface area (Å²) in [5.41, 5.74) is 0.722. The number of aliphatic hydroxyl groups excluding tert-OH is 1. The first kappa shape index (κ1) is 9.67. The van der Waals surface area contributed by atoms with Crippen LogP contribution in [0.25, 0.3) is 0 Å². The zero-order valence-corrected chi connectivity index (χ0v) is 7.58. The zero-order valence-electron chi connectivity index (χ0n) is 7.58. The van der Waals surface area contributed by atoms with Gasteiger partial charge in [-0.2, -0.15) is 0 Å². The van der Waals surface area contributed by atoms with Crippen LogP contribution in [-0.4, -0.2) is 28.3 Å². The van der Waals surface area contributed by atoms with Crippen molar-refractivity contribution in [3.8, 4) is 0 Å². The molecule has 2 unspecified atom stereocenters. The lowest BCUT2D eigenvalue weighted by Crippen LogP contribution is -2.27. The Bertz CT molecular complexity index is 426. The molecule has 0 bridgehead atoms. The summed E-state index contributed by atoms with van der Waals surface area (Å²) < 4.78 is 4.79. The summed E-state index contributed by atoms with van der Waals surface area (Å²) in [5, 5.41) is 17.9. The van der Waals surface area contributed by atoms with Gasteiger partial charge >= 0.3 is 11.9 Å². The van der Waals surface area contributed by atoms with Crippen molar-refractivity contribution in [3.05, 3.63) is 35.4 Å². The number of aliphatic carboxylic acids is 1. The molecular formula is C10H8O5. The van der Waals surface area contributed by atoms with Crippen molar-refractivity contribution in [2.24, 2.45) is 0 Å². The lowest BCUT2D eigenvalue weighted by molar-refractivity contribution is -0.152. The Morgan fingerprint density at radius 3 is 2.73 bits per heavy atom. The lowest BCUT2D eigenvalue weighted by atomic mass is 10.0. The van der Waals surface area contributed by atoms with Crippen LogP contribution >= 0.6 is 0 Å². The third-order valence-corrected chi connectivity index (χ3v) is 2.26. The molecule has 0 saturated carbocycles. The molecule has 0 fully saturated rings. The minimum atomic E-state index is -1.72. The molecule has 1 aliphatic rings.